The van der Waals surface area contributed by atoms with Crippen molar-refractivity contribution in [2.75, 3.05) is 13.2 Å². The normalized spacial score (nSPS) is 26.2. The Morgan fingerprint density at radius 2 is 2.24 bits per heavy atom. The predicted octanol–water partition coefficient (Wildman–Crippen LogP) is 2.35. The van der Waals surface area contributed by atoms with Crippen LogP contribution in [0.3, 0.4) is 0 Å². The van der Waals surface area contributed by atoms with Gasteiger partial charge in [-0.05, 0) is 56.2 Å². The van der Waals surface area contributed by atoms with E-state index in [4.69, 9.17) is 15.3 Å². The van der Waals surface area contributed by atoms with E-state index < -0.39 is 0 Å². The molecule has 3 rings (SSSR count). The van der Waals surface area contributed by atoms with Gasteiger partial charge in [-0.1, -0.05) is 12.1 Å². The van der Waals surface area contributed by atoms with Gasteiger partial charge < -0.3 is 9.47 Å². The van der Waals surface area contributed by atoms with Crippen LogP contribution in [-0.4, -0.2) is 24.9 Å². The van der Waals surface area contributed by atoms with Crippen LogP contribution < -0.4 is 16.0 Å². The summed E-state index contributed by atoms with van der Waals surface area (Å²) in [6.45, 7) is 3.86. The summed E-state index contributed by atoms with van der Waals surface area (Å²) >= 11 is 0. The van der Waals surface area contributed by atoms with Crippen molar-refractivity contribution in [3.05, 3.63) is 29.3 Å². The third-order valence-electron chi connectivity index (χ3n) is 4.91. The van der Waals surface area contributed by atoms with Crippen molar-refractivity contribution in [2.24, 2.45) is 5.84 Å². The third-order valence-corrected chi connectivity index (χ3v) is 4.91. The van der Waals surface area contributed by atoms with Crippen LogP contribution in [0, 0.1) is 0 Å². The number of fused-ring (bicyclic) bond motifs is 1. The molecule has 2 aliphatic rings. The van der Waals surface area contributed by atoms with Crippen molar-refractivity contribution in [1.82, 2.24) is 5.43 Å². The average molecular weight is 290 g/mol. The van der Waals surface area contributed by atoms with Gasteiger partial charge in [-0.2, -0.15) is 0 Å². The van der Waals surface area contributed by atoms with Crippen molar-refractivity contribution >= 4 is 0 Å². The number of ether oxygens (including phenoxy) is 2. The topological polar surface area (TPSA) is 56.5 Å². The maximum atomic E-state index is 6.02. The van der Waals surface area contributed by atoms with Crippen molar-refractivity contribution < 1.29 is 9.47 Å². The Morgan fingerprint density at radius 1 is 1.33 bits per heavy atom. The van der Waals surface area contributed by atoms with Crippen molar-refractivity contribution in [2.45, 2.75) is 57.1 Å². The number of benzene rings is 1. The molecule has 1 saturated heterocycles. The van der Waals surface area contributed by atoms with Gasteiger partial charge in [0.1, 0.15) is 5.75 Å². The first kappa shape index (κ1) is 14.8. The predicted molar refractivity (Wildman–Crippen MR) is 83.3 cm³/mol. The monoisotopic (exact) mass is 290 g/mol. The minimum absolute atomic E-state index is 0.132. The molecule has 2 heterocycles. The van der Waals surface area contributed by atoms with E-state index in [1.807, 2.05) is 0 Å². The number of hydrogen-bond donors (Lipinski definition) is 2. The van der Waals surface area contributed by atoms with E-state index in [2.05, 4.69) is 30.5 Å². The molecule has 2 atom stereocenters. The number of hydrazine groups is 1. The molecule has 4 nitrogen and oxygen atoms in total. The number of aryl methyl sites for hydroxylation is 1. The second-order valence-electron chi connectivity index (χ2n) is 6.42. The van der Waals surface area contributed by atoms with Crippen LogP contribution in [0.2, 0.25) is 0 Å². The van der Waals surface area contributed by atoms with Crippen LogP contribution in [0.25, 0.3) is 0 Å². The van der Waals surface area contributed by atoms with Crippen molar-refractivity contribution in [3.63, 3.8) is 0 Å². The van der Waals surface area contributed by atoms with Gasteiger partial charge >= 0.3 is 0 Å². The van der Waals surface area contributed by atoms with E-state index in [-0.39, 0.29) is 11.6 Å². The molecule has 0 aliphatic carbocycles. The van der Waals surface area contributed by atoms with Crippen LogP contribution >= 0.6 is 0 Å². The summed E-state index contributed by atoms with van der Waals surface area (Å²) in [6, 6.07) is 6.74. The summed E-state index contributed by atoms with van der Waals surface area (Å²) in [6.07, 6.45) is 6.51. The zero-order chi connectivity index (χ0) is 14.7. The highest BCUT2D eigenvalue weighted by molar-refractivity contribution is 5.39. The highest BCUT2D eigenvalue weighted by atomic mass is 16.5. The Morgan fingerprint density at radius 3 is 3.00 bits per heavy atom. The van der Waals surface area contributed by atoms with Crippen LogP contribution in [0.1, 0.15) is 43.7 Å². The van der Waals surface area contributed by atoms with Crippen LogP contribution in [0.5, 0.6) is 5.75 Å². The summed E-state index contributed by atoms with van der Waals surface area (Å²) in [5, 5.41) is 0. The Labute approximate surface area is 127 Å². The quantitative estimate of drug-likeness (QED) is 0.645. The minimum Gasteiger partial charge on any atom is -0.493 e. The van der Waals surface area contributed by atoms with E-state index >= 15 is 0 Å². The molecule has 21 heavy (non-hydrogen) atoms. The van der Waals surface area contributed by atoms with E-state index in [1.165, 1.54) is 17.5 Å². The van der Waals surface area contributed by atoms with Crippen LogP contribution in [-0.2, 0) is 17.6 Å². The molecule has 3 N–H and O–H groups in total. The second kappa shape index (κ2) is 6.34. The van der Waals surface area contributed by atoms with Gasteiger partial charge in [0, 0.05) is 13.0 Å². The highest BCUT2D eigenvalue weighted by Crippen LogP contribution is 2.31. The number of rotatable bonds is 5. The Balaban J connectivity index is 1.62. The summed E-state index contributed by atoms with van der Waals surface area (Å²) in [4.78, 5) is 0. The standard InChI is InChI=1S/C17H26N2O2/c1-17(9-2-3-10-21-17)16(19-18)7-5-13-4-6-15-14(12-13)8-11-20-15/h4,6,12,16,19H,2-3,5,7-11,18H2,1H3. The fourth-order valence-corrected chi connectivity index (χ4v) is 3.50. The molecule has 0 spiro atoms. The van der Waals surface area contributed by atoms with Gasteiger partial charge in [-0.15, -0.1) is 0 Å². The molecule has 0 aromatic heterocycles. The molecule has 0 radical (unpaired) electrons. The molecule has 1 aromatic carbocycles. The fourth-order valence-electron chi connectivity index (χ4n) is 3.50. The lowest BCUT2D eigenvalue weighted by atomic mass is 9.85. The van der Waals surface area contributed by atoms with E-state index in [0.29, 0.717) is 0 Å². The highest BCUT2D eigenvalue weighted by Gasteiger charge is 2.35. The largest absolute Gasteiger partial charge is 0.493 e. The molecule has 1 fully saturated rings. The van der Waals surface area contributed by atoms with Gasteiger partial charge in [-0.25, -0.2) is 0 Å². The average Bonchev–Trinajstić information content (AvgIpc) is 2.96. The van der Waals surface area contributed by atoms with E-state index in [9.17, 15) is 0 Å². The van der Waals surface area contributed by atoms with E-state index in [0.717, 1.165) is 51.1 Å². The molecule has 1 aromatic rings. The van der Waals surface area contributed by atoms with Crippen LogP contribution in [0.4, 0.5) is 0 Å². The molecule has 4 heteroatoms. The number of nitrogens with one attached hydrogen (secondary N) is 1. The Bertz CT molecular complexity index is 484. The first-order valence-corrected chi connectivity index (χ1v) is 8.06. The first-order chi connectivity index (χ1) is 10.2. The lowest BCUT2D eigenvalue weighted by Crippen LogP contribution is -2.54. The Kier molecular flexibility index (Phi) is 4.48. The van der Waals surface area contributed by atoms with Gasteiger partial charge in [0.05, 0.1) is 18.2 Å². The first-order valence-electron chi connectivity index (χ1n) is 8.06. The zero-order valence-corrected chi connectivity index (χ0v) is 12.9. The van der Waals surface area contributed by atoms with Crippen LogP contribution in [0.15, 0.2) is 18.2 Å². The molecule has 116 valence electrons. The fraction of sp³-hybridized carbons (Fsp3) is 0.647. The lowest BCUT2D eigenvalue weighted by Gasteiger charge is -2.40. The summed E-state index contributed by atoms with van der Waals surface area (Å²) < 4.78 is 11.6. The zero-order valence-electron chi connectivity index (χ0n) is 12.9. The van der Waals surface area contributed by atoms with Gasteiger partial charge in [0.25, 0.3) is 0 Å². The maximum absolute atomic E-state index is 6.02. The van der Waals surface area contributed by atoms with Gasteiger partial charge in [0.15, 0.2) is 0 Å². The molecule has 2 aliphatic heterocycles. The smallest absolute Gasteiger partial charge is 0.122 e. The number of nitrogens with two attached hydrogens (primary N) is 1. The van der Waals surface area contributed by atoms with E-state index in [1.54, 1.807) is 0 Å². The summed E-state index contributed by atoms with van der Waals surface area (Å²) in [5.74, 6) is 6.84. The number of hydrogen-bond acceptors (Lipinski definition) is 4. The van der Waals surface area contributed by atoms with Gasteiger partial charge in [-0.3, -0.25) is 11.3 Å². The van der Waals surface area contributed by atoms with Crippen molar-refractivity contribution in [3.8, 4) is 5.75 Å². The van der Waals surface area contributed by atoms with Crippen molar-refractivity contribution in [1.29, 1.82) is 0 Å². The minimum atomic E-state index is -0.132. The Hall–Kier alpha value is -1.10. The molecular weight excluding hydrogens is 264 g/mol. The third kappa shape index (κ3) is 3.23. The summed E-state index contributed by atoms with van der Waals surface area (Å²) in [7, 11) is 0. The molecule has 0 amide bonds. The summed E-state index contributed by atoms with van der Waals surface area (Å²) in [5.41, 5.74) is 5.55. The lowest BCUT2D eigenvalue weighted by molar-refractivity contribution is -0.0900. The molecule has 2 unspecified atom stereocenters. The second-order valence-corrected chi connectivity index (χ2v) is 6.42. The molecule has 0 bridgehead atoms. The molecule has 0 saturated carbocycles. The SMILES string of the molecule is CC1(C(CCc2ccc3c(c2)CCO3)NN)CCCCO1. The molecular formula is C17H26N2O2. The maximum Gasteiger partial charge on any atom is 0.122 e. The van der Waals surface area contributed by atoms with Gasteiger partial charge in [0.2, 0.25) is 0 Å².